The number of halogens is 1. The maximum Gasteiger partial charge on any atom is 0.272 e. The molecule has 20 heavy (non-hydrogen) atoms. The summed E-state index contributed by atoms with van der Waals surface area (Å²) in [4.78, 5) is 17.8. The van der Waals surface area contributed by atoms with Crippen molar-refractivity contribution < 1.29 is 19.0 Å². The molecule has 0 saturated carbocycles. The number of pyridine rings is 1. The van der Waals surface area contributed by atoms with Crippen molar-refractivity contribution in [2.45, 2.75) is 24.9 Å². The summed E-state index contributed by atoms with van der Waals surface area (Å²) < 4.78 is 19.4. The SMILES string of the molecule is O=C(c1cc2c(cn1)OCCC2)N1CCC(F)(CO)C1. The molecule has 0 spiro atoms. The number of likely N-dealkylation sites (tertiary alicyclic amines) is 1. The number of carbonyl (C=O) groups excluding carboxylic acids is 1. The van der Waals surface area contributed by atoms with Gasteiger partial charge in [-0.2, -0.15) is 0 Å². The van der Waals surface area contributed by atoms with Gasteiger partial charge in [-0.15, -0.1) is 0 Å². The molecule has 2 aliphatic heterocycles. The lowest BCUT2D eigenvalue weighted by atomic mass is 10.1. The van der Waals surface area contributed by atoms with Gasteiger partial charge in [0.1, 0.15) is 11.4 Å². The topological polar surface area (TPSA) is 62.7 Å². The van der Waals surface area contributed by atoms with Crippen LogP contribution in [-0.2, 0) is 6.42 Å². The Balaban J connectivity index is 1.78. The van der Waals surface area contributed by atoms with Crippen LogP contribution in [0.1, 0.15) is 28.9 Å². The Morgan fingerprint density at radius 2 is 2.45 bits per heavy atom. The van der Waals surface area contributed by atoms with E-state index in [0.717, 1.165) is 24.2 Å². The molecule has 1 N–H and O–H groups in total. The number of aromatic nitrogens is 1. The van der Waals surface area contributed by atoms with E-state index in [1.54, 1.807) is 12.3 Å². The number of aliphatic hydroxyl groups excluding tert-OH is 1. The first kappa shape index (κ1) is 13.3. The summed E-state index contributed by atoms with van der Waals surface area (Å²) in [5.74, 6) is 0.441. The molecular weight excluding hydrogens is 263 g/mol. The van der Waals surface area contributed by atoms with Crippen LogP contribution in [0.4, 0.5) is 4.39 Å². The van der Waals surface area contributed by atoms with Crippen LogP contribution in [0.15, 0.2) is 12.3 Å². The molecule has 1 atom stereocenters. The quantitative estimate of drug-likeness (QED) is 0.876. The van der Waals surface area contributed by atoms with Crippen molar-refractivity contribution in [3.63, 3.8) is 0 Å². The molecular formula is C14H17FN2O3. The molecule has 5 nitrogen and oxygen atoms in total. The van der Waals surface area contributed by atoms with Crippen LogP contribution in [-0.4, -0.2) is 52.9 Å². The summed E-state index contributed by atoms with van der Waals surface area (Å²) in [6, 6.07) is 1.73. The standard InChI is InChI=1S/C14H17FN2O3/c15-14(9-18)3-4-17(8-14)13(19)11-6-10-2-1-5-20-12(10)7-16-11/h6-7,18H,1-5,8-9H2. The van der Waals surface area contributed by atoms with E-state index in [2.05, 4.69) is 4.98 Å². The molecule has 1 unspecified atom stereocenters. The minimum absolute atomic E-state index is 0.0718. The summed E-state index contributed by atoms with van der Waals surface area (Å²) in [6.07, 6.45) is 3.52. The molecule has 0 radical (unpaired) electrons. The third-order valence-electron chi connectivity index (χ3n) is 3.89. The largest absolute Gasteiger partial charge is 0.492 e. The van der Waals surface area contributed by atoms with E-state index in [1.165, 1.54) is 4.90 Å². The molecule has 108 valence electrons. The molecule has 3 rings (SSSR count). The number of aryl methyl sites for hydroxylation is 1. The number of nitrogens with zero attached hydrogens (tertiary/aromatic N) is 2. The van der Waals surface area contributed by atoms with E-state index in [9.17, 15) is 9.18 Å². The number of alkyl halides is 1. The first-order valence-corrected chi connectivity index (χ1v) is 6.82. The first-order valence-electron chi connectivity index (χ1n) is 6.82. The molecule has 2 aliphatic rings. The van der Waals surface area contributed by atoms with E-state index >= 15 is 0 Å². The number of amides is 1. The molecule has 1 fully saturated rings. The highest BCUT2D eigenvalue weighted by molar-refractivity contribution is 5.93. The lowest BCUT2D eigenvalue weighted by molar-refractivity contribution is 0.0627. The zero-order valence-electron chi connectivity index (χ0n) is 11.1. The van der Waals surface area contributed by atoms with Gasteiger partial charge < -0.3 is 14.7 Å². The number of aliphatic hydroxyl groups is 1. The fourth-order valence-corrected chi connectivity index (χ4v) is 2.67. The Morgan fingerprint density at radius 3 is 3.20 bits per heavy atom. The molecule has 0 aliphatic carbocycles. The second-order valence-corrected chi connectivity index (χ2v) is 5.41. The monoisotopic (exact) mass is 280 g/mol. The van der Waals surface area contributed by atoms with Gasteiger partial charge in [-0.1, -0.05) is 0 Å². The van der Waals surface area contributed by atoms with Gasteiger partial charge >= 0.3 is 0 Å². The number of ether oxygens (including phenoxy) is 1. The summed E-state index contributed by atoms with van der Waals surface area (Å²) >= 11 is 0. The van der Waals surface area contributed by atoms with Crippen LogP contribution in [0.25, 0.3) is 0 Å². The Bertz CT molecular complexity index is 537. The van der Waals surface area contributed by atoms with Gasteiger partial charge in [-0.05, 0) is 24.5 Å². The molecule has 0 bridgehead atoms. The van der Waals surface area contributed by atoms with E-state index in [0.29, 0.717) is 18.8 Å². The smallest absolute Gasteiger partial charge is 0.272 e. The van der Waals surface area contributed by atoms with E-state index in [4.69, 9.17) is 9.84 Å². The minimum Gasteiger partial charge on any atom is -0.492 e. The number of rotatable bonds is 2. The number of hydrogen-bond acceptors (Lipinski definition) is 4. The van der Waals surface area contributed by atoms with E-state index in [1.807, 2.05) is 0 Å². The van der Waals surface area contributed by atoms with Crippen molar-refractivity contribution in [3.05, 3.63) is 23.5 Å². The van der Waals surface area contributed by atoms with Crippen molar-refractivity contribution in [3.8, 4) is 5.75 Å². The summed E-state index contributed by atoms with van der Waals surface area (Å²) in [5, 5.41) is 9.01. The fourth-order valence-electron chi connectivity index (χ4n) is 2.67. The van der Waals surface area contributed by atoms with Crippen LogP contribution in [0.2, 0.25) is 0 Å². The van der Waals surface area contributed by atoms with Gasteiger partial charge in [0.25, 0.3) is 5.91 Å². The average Bonchev–Trinajstić information content (AvgIpc) is 2.89. The summed E-state index contributed by atoms with van der Waals surface area (Å²) in [6.45, 7) is 0.361. The first-order chi connectivity index (χ1) is 9.61. The summed E-state index contributed by atoms with van der Waals surface area (Å²) in [5.41, 5.74) is -0.383. The fraction of sp³-hybridized carbons (Fsp3) is 0.571. The normalized spacial score (nSPS) is 25.2. The second-order valence-electron chi connectivity index (χ2n) is 5.41. The Morgan fingerprint density at radius 1 is 1.60 bits per heavy atom. The van der Waals surface area contributed by atoms with Crippen LogP contribution >= 0.6 is 0 Å². The number of hydrogen-bond donors (Lipinski definition) is 1. The lowest BCUT2D eigenvalue weighted by Gasteiger charge is -2.20. The maximum absolute atomic E-state index is 14.0. The molecule has 1 saturated heterocycles. The van der Waals surface area contributed by atoms with E-state index in [-0.39, 0.29) is 18.9 Å². The van der Waals surface area contributed by atoms with Gasteiger partial charge in [-0.3, -0.25) is 4.79 Å². The Labute approximate surface area is 116 Å². The van der Waals surface area contributed by atoms with Gasteiger partial charge in [0.15, 0.2) is 5.67 Å². The highest BCUT2D eigenvalue weighted by Crippen LogP contribution is 2.28. The van der Waals surface area contributed by atoms with Crippen LogP contribution in [0.3, 0.4) is 0 Å². The Hall–Kier alpha value is -1.69. The highest BCUT2D eigenvalue weighted by Gasteiger charge is 2.40. The zero-order valence-corrected chi connectivity index (χ0v) is 11.1. The van der Waals surface area contributed by atoms with Gasteiger partial charge in [0.2, 0.25) is 0 Å². The number of carbonyl (C=O) groups is 1. The van der Waals surface area contributed by atoms with Gasteiger partial charge in [0, 0.05) is 13.0 Å². The molecule has 3 heterocycles. The number of fused-ring (bicyclic) bond motifs is 1. The minimum atomic E-state index is -1.67. The predicted octanol–water partition coefficient (Wildman–Crippen LogP) is 0.953. The zero-order chi connectivity index (χ0) is 14.2. The maximum atomic E-state index is 14.0. The average molecular weight is 280 g/mol. The summed E-state index contributed by atoms with van der Waals surface area (Å²) in [7, 11) is 0. The van der Waals surface area contributed by atoms with Crippen LogP contribution in [0, 0.1) is 0 Å². The van der Waals surface area contributed by atoms with Crippen molar-refractivity contribution in [2.75, 3.05) is 26.3 Å². The third kappa shape index (κ3) is 2.35. The van der Waals surface area contributed by atoms with Gasteiger partial charge in [0.05, 0.1) is 26.0 Å². The molecule has 6 heteroatoms. The molecule has 1 amide bonds. The lowest BCUT2D eigenvalue weighted by Crippen LogP contribution is -2.35. The highest BCUT2D eigenvalue weighted by atomic mass is 19.1. The molecule has 1 aromatic heterocycles. The van der Waals surface area contributed by atoms with Crippen molar-refractivity contribution in [1.29, 1.82) is 0 Å². The molecule has 0 aromatic carbocycles. The van der Waals surface area contributed by atoms with Crippen molar-refractivity contribution in [1.82, 2.24) is 9.88 Å². The van der Waals surface area contributed by atoms with Crippen LogP contribution < -0.4 is 4.74 Å². The molecule has 1 aromatic rings. The predicted molar refractivity (Wildman–Crippen MR) is 69.5 cm³/mol. The third-order valence-corrected chi connectivity index (χ3v) is 3.89. The van der Waals surface area contributed by atoms with E-state index < -0.39 is 12.3 Å². The van der Waals surface area contributed by atoms with Crippen molar-refractivity contribution >= 4 is 5.91 Å². The van der Waals surface area contributed by atoms with Gasteiger partial charge in [-0.25, -0.2) is 9.37 Å². The van der Waals surface area contributed by atoms with Crippen LogP contribution in [0.5, 0.6) is 5.75 Å². The second kappa shape index (κ2) is 5.01. The Kier molecular flexibility index (Phi) is 3.33. The van der Waals surface area contributed by atoms with Crippen molar-refractivity contribution in [2.24, 2.45) is 0 Å².